The van der Waals surface area contributed by atoms with Crippen molar-refractivity contribution in [1.29, 1.82) is 0 Å². The van der Waals surface area contributed by atoms with Gasteiger partial charge in [-0.2, -0.15) is 4.31 Å². The molecule has 1 aliphatic heterocycles. The van der Waals surface area contributed by atoms with Crippen molar-refractivity contribution in [2.45, 2.75) is 30.6 Å². The Bertz CT molecular complexity index is 918. The molecule has 1 aliphatic rings. The molecule has 8 nitrogen and oxygen atoms in total. The van der Waals surface area contributed by atoms with Crippen molar-refractivity contribution >= 4 is 21.8 Å². The summed E-state index contributed by atoms with van der Waals surface area (Å²) >= 11 is 0. The van der Waals surface area contributed by atoms with Crippen LogP contribution in [0.25, 0.3) is 0 Å². The topological polar surface area (TPSA) is 109 Å². The minimum absolute atomic E-state index is 0.135. The van der Waals surface area contributed by atoms with Crippen LogP contribution in [-0.2, 0) is 21.2 Å². The number of rotatable bonds is 8. The quantitative estimate of drug-likeness (QED) is 0.631. The molecule has 1 aromatic heterocycles. The van der Waals surface area contributed by atoms with E-state index in [9.17, 15) is 18.0 Å². The highest BCUT2D eigenvalue weighted by molar-refractivity contribution is 7.89. The fraction of sp³-hybridized carbons (Fsp3) is 0.400. The van der Waals surface area contributed by atoms with Crippen molar-refractivity contribution in [2.75, 3.05) is 26.2 Å². The molecule has 156 valence electrons. The first kappa shape index (κ1) is 21.1. The van der Waals surface area contributed by atoms with Crippen LogP contribution in [-0.4, -0.2) is 50.7 Å². The second-order valence-electron chi connectivity index (χ2n) is 6.87. The van der Waals surface area contributed by atoms with Crippen LogP contribution in [0.2, 0.25) is 0 Å². The predicted octanol–water partition coefficient (Wildman–Crippen LogP) is 1.54. The number of hydrogen-bond donors (Lipinski definition) is 2. The minimum Gasteiger partial charge on any atom is -0.459 e. The molecule has 9 heteroatoms. The molecule has 3 rings (SSSR count). The average Bonchev–Trinajstić information content (AvgIpc) is 3.27. The number of hydrogen-bond acceptors (Lipinski definition) is 5. The average molecular weight is 420 g/mol. The molecule has 1 aromatic carbocycles. The van der Waals surface area contributed by atoms with E-state index >= 15 is 0 Å². The summed E-state index contributed by atoms with van der Waals surface area (Å²) in [6.45, 7) is 1.68. The molecule has 2 heterocycles. The molecule has 1 fully saturated rings. The van der Waals surface area contributed by atoms with Gasteiger partial charge in [0.25, 0.3) is 5.91 Å². The van der Waals surface area contributed by atoms with Crippen LogP contribution in [0.15, 0.2) is 52.0 Å². The third-order valence-corrected chi connectivity index (χ3v) is 6.63. The van der Waals surface area contributed by atoms with E-state index in [0.29, 0.717) is 13.1 Å². The monoisotopic (exact) mass is 419 g/mol. The number of nitrogens with one attached hydrogen (secondary N) is 2. The molecule has 2 N–H and O–H groups in total. The smallest absolute Gasteiger partial charge is 0.287 e. The van der Waals surface area contributed by atoms with Crippen LogP contribution in [0, 0.1) is 0 Å². The summed E-state index contributed by atoms with van der Waals surface area (Å²) in [5.74, 6) is -0.324. The third-order valence-electron chi connectivity index (χ3n) is 4.72. The van der Waals surface area contributed by atoms with Gasteiger partial charge in [-0.1, -0.05) is 18.6 Å². The Morgan fingerprint density at radius 2 is 1.66 bits per heavy atom. The highest BCUT2D eigenvalue weighted by Gasteiger charge is 2.25. The Balaban J connectivity index is 1.44. The fourth-order valence-corrected chi connectivity index (χ4v) is 4.67. The SMILES string of the molecule is O=C(Cc1ccc(S(=O)(=O)N2CCCCC2)cc1)NCCNC(=O)c1ccco1. The van der Waals surface area contributed by atoms with Gasteiger partial charge in [0.15, 0.2) is 5.76 Å². The lowest BCUT2D eigenvalue weighted by atomic mass is 10.1. The van der Waals surface area contributed by atoms with Crippen molar-refractivity contribution in [1.82, 2.24) is 14.9 Å². The van der Waals surface area contributed by atoms with Crippen molar-refractivity contribution in [3.05, 3.63) is 54.0 Å². The normalized spacial score (nSPS) is 15.0. The fourth-order valence-electron chi connectivity index (χ4n) is 3.15. The number of nitrogens with zero attached hydrogens (tertiary/aromatic N) is 1. The van der Waals surface area contributed by atoms with Gasteiger partial charge in [-0.15, -0.1) is 0 Å². The molecule has 1 saturated heterocycles. The zero-order valence-electron chi connectivity index (χ0n) is 16.1. The maximum Gasteiger partial charge on any atom is 0.287 e. The molecular weight excluding hydrogens is 394 g/mol. The second-order valence-corrected chi connectivity index (χ2v) is 8.81. The number of sulfonamides is 1. The molecule has 0 spiro atoms. The van der Waals surface area contributed by atoms with Gasteiger partial charge >= 0.3 is 0 Å². The number of piperidine rings is 1. The van der Waals surface area contributed by atoms with E-state index in [1.807, 2.05) is 0 Å². The maximum atomic E-state index is 12.6. The summed E-state index contributed by atoms with van der Waals surface area (Å²) in [5, 5.41) is 5.36. The van der Waals surface area contributed by atoms with Gasteiger partial charge in [-0.3, -0.25) is 9.59 Å². The van der Waals surface area contributed by atoms with Crippen LogP contribution < -0.4 is 10.6 Å². The molecule has 29 heavy (non-hydrogen) atoms. The van der Waals surface area contributed by atoms with E-state index in [0.717, 1.165) is 24.8 Å². The van der Waals surface area contributed by atoms with Gasteiger partial charge in [0, 0.05) is 26.2 Å². The first-order valence-electron chi connectivity index (χ1n) is 9.64. The molecule has 2 aromatic rings. The van der Waals surface area contributed by atoms with Gasteiger partial charge in [0.2, 0.25) is 15.9 Å². The molecule has 0 aliphatic carbocycles. The van der Waals surface area contributed by atoms with Crippen molar-refractivity contribution in [3.8, 4) is 0 Å². The van der Waals surface area contributed by atoms with Crippen molar-refractivity contribution < 1.29 is 22.4 Å². The van der Waals surface area contributed by atoms with E-state index in [1.165, 1.54) is 10.6 Å². The summed E-state index contributed by atoms with van der Waals surface area (Å²) < 4.78 is 31.8. The van der Waals surface area contributed by atoms with Crippen molar-refractivity contribution in [3.63, 3.8) is 0 Å². The first-order valence-corrected chi connectivity index (χ1v) is 11.1. The molecule has 0 bridgehead atoms. The molecule has 0 saturated carbocycles. The number of furan rings is 1. The first-order chi connectivity index (χ1) is 14.0. The Morgan fingerprint density at radius 1 is 0.966 bits per heavy atom. The number of benzene rings is 1. The van der Waals surface area contributed by atoms with Crippen molar-refractivity contribution in [2.24, 2.45) is 0 Å². The molecule has 0 unspecified atom stereocenters. The molecule has 0 atom stereocenters. The lowest BCUT2D eigenvalue weighted by molar-refractivity contribution is -0.120. The van der Waals surface area contributed by atoms with Crippen LogP contribution in [0.5, 0.6) is 0 Å². The second kappa shape index (κ2) is 9.71. The van der Waals surface area contributed by atoms with E-state index in [4.69, 9.17) is 4.42 Å². The zero-order chi connectivity index (χ0) is 20.7. The van der Waals surface area contributed by atoms with Gasteiger partial charge in [0.05, 0.1) is 17.6 Å². The maximum absolute atomic E-state index is 12.6. The predicted molar refractivity (Wildman–Crippen MR) is 107 cm³/mol. The molecular formula is C20H25N3O5S. The van der Waals surface area contributed by atoms with Crippen LogP contribution in [0.1, 0.15) is 35.4 Å². The summed E-state index contributed by atoms with van der Waals surface area (Å²) in [5.41, 5.74) is 0.722. The van der Waals surface area contributed by atoms with Gasteiger partial charge in [-0.05, 0) is 42.7 Å². The summed E-state index contributed by atoms with van der Waals surface area (Å²) in [6.07, 6.45) is 4.39. The lowest BCUT2D eigenvalue weighted by Gasteiger charge is -2.25. The van der Waals surface area contributed by atoms with E-state index in [-0.39, 0.29) is 42.0 Å². The zero-order valence-corrected chi connectivity index (χ0v) is 16.9. The molecule has 0 radical (unpaired) electrons. The number of carbonyl (C=O) groups excluding carboxylic acids is 2. The Kier molecular flexibility index (Phi) is 7.05. The Hall–Kier alpha value is -2.65. The molecule has 2 amide bonds. The van der Waals surface area contributed by atoms with E-state index in [2.05, 4.69) is 10.6 Å². The van der Waals surface area contributed by atoms with E-state index < -0.39 is 10.0 Å². The minimum atomic E-state index is -3.47. The Labute approximate surface area is 170 Å². The highest BCUT2D eigenvalue weighted by Crippen LogP contribution is 2.20. The van der Waals surface area contributed by atoms with Gasteiger partial charge in [0.1, 0.15) is 0 Å². The summed E-state index contributed by atoms with van der Waals surface area (Å²) in [7, 11) is -3.47. The summed E-state index contributed by atoms with van der Waals surface area (Å²) in [4.78, 5) is 24.0. The summed E-state index contributed by atoms with van der Waals surface area (Å²) in [6, 6.07) is 9.61. The van der Waals surface area contributed by atoms with Crippen LogP contribution in [0.3, 0.4) is 0 Å². The van der Waals surface area contributed by atoms with Gasteiger partial charge in [-0.25, -0.2) is 8.42 Å². The number of carbonyl (C=O) groups is 2. The van der Waals surface area contributed by atoms with Gasteiger partial charge < -0.3 is 15.1 Å². The van der Waals surface area contributed by atoms with Crippen LogP contribution in [0.4, 0.5) is 0 Å². The largest absolute Gasteiger partial charge is 0.459 e. The Morgan fingerprint density at radius 3 is 2.31 bits per heavy atom. The number of amides is 2. The van der Waals surface area contributed by atoms with Crippen LogP contribution >= 0.6 is 0 Å². The van der Waals surface area contributed by atoms with E-state index in [1.54, 1.807) is 36.4 Å². The lowest BCUT2D eigenvalue weighted by Crippen LogP contribution is -2.35. The standard InChI is InChI=1S/C20H25N3O5S/c24-19(21-10-11-22-20(25)18-5-4-14-28-18)15-16-6-8-17(9-7-16)29(26,27)23-12-2-1-3-13-23/h4-9,14H,1-3,10-13,15H2,(H,21,24)(H,22,25). The highest BCUT2D eigenvalue weighted by atomic mass is 32.2. The third kappa shape index (κ3) is 5.68.